The molecule has 0 saturated heterocycles. The smallest absolute Gasteiger partial charge is 0.412 e. The Labute approximate surface area is 141 Å². The monoisotopic (exact) mass is 330 g/mol. The number of carbonyl (C=O) groups excluding carboxylic acids is 1. The molecule has 1 amide bonds. The van der Waals surface area contributed by atoms with Gasteiger partial charge in [0.1, 0.15) is 12.2 Å². The van der Waals surface area contributed by atoms with E-state index in [4.69, 9.17) is 20.9 Å². The number of amides is 1. The van der Waals surface area contributed by atoms with Crippen molar-refractivity contribution in [3.05, 3.63) is 42.1 Å². The summed E-state index contributed by atoms with van der Waals surface area (Å²) in [5.74, 6) is 0.597. The van der Waals surface area contributed by atoms with E-state index in [1.807, 2.05) is 18.2 Å². The minimum atomic E-state index is -0.585. The van der Waals surface area contributed by atoms with Crippen LogP contribution in [0, 0.1) is 0 Å². The van der Waals surface area contributed by atoms with Crippen molar-refractivity contribution in [2.24, 2.45) is 0 Å². The van der Waals surface area contributed by atoms with E-state index in [9.17, 15) is 4.79 Å². The highest BCUT2D eigenvalue weighted by atomic mass is 16.6. The van der Waals surface area contributed by atoms with E-state index >= 15 is 0 Å². The van der Waals surface area contributed by atoms with Gasteiger partial charge in [0.25, 0.3) is 0 Å². The topological polar surface area (TPSA) is 112 Å². The van der Waals surface area contributed by atoms with Gasteiger partial charge in [-0.3, -0.25) is 5.32 Å². The molecule has 0 unspecified atom stereocenters. The molecule has 128 valence electrons. The van der Waals surface area contributed by atoms with Crippen molar-refractivity contribution in [3.8, 4) is 5.75 Å². The standard InChI is InChI=1S/C17H22N4O3/c1-17(2,3)24-16(22)21-13-8-14(15(19)20-9-13)23-10-11-5-4-6-12(18)7-11/h4-9H,10,18H2,1-3H3,(H2,19,20)(H,21,22). The van der Waals surface area contributed by atoms with E-state index in [2.05, 4.69) is 10.3 Å². The first-order chi connectivity index (χ1) is 11.2. The zero-order chi connectivity index (χ0) is 17.7. The first-order valence-electron chi connectivity index (χ1n) is 7.46. The Morgan fingerprint density at radius 1 is 1.25 bits per heavy atom. The van der Waals surface area contributed by atoms with Crippen molar-refractivity contribution < 1.29 is 14.3 Å². The number of nitrogen functional groups attached to an aromatic ring is 2. The second-order valence-corrected chi connectivity index (χ2v) is 6.27. The van der Waals surface area contributed by atoms with Gasteiger partial charge in [-0.05, 0) is 38.5 Å². The SMILES string of the molecule is CC(C)(C)OC(=O)Nc1cnc(N)c(OCc2cccc(N)c2)c1. The number of pyridine rings is 1. The van der Waals surface area contributed by atoms with Crippen molar-refractivity contribution in [2.45, 2.75) is 33.0 Å². The van der Waals surface area contributed by atoms with Gasteiger partial charge >= 0.3 is 6.09 Å². The summed E-state index contributed by atoms with van der Waals surface area (Å²) in [6.45, 7) is 5.64. The van der Waals surface area contributed by atoms with Crippen molar-refractivity contribution >= 4 is 23.3 Å². The quantitative estimate of drug-likeness (QED) is 0.742. The maximum absolute atomic E-state index is 11.8. The molecule has 0 spiro atoms. The van der Waals surface area contributed by atoms with Crippen LogP contribution in [0.1, 0.15) is 26.3 Å². The number of hydrogen-bond acceptors (Lipinski definition) is 6. The van der Waals surface area contributed by atoms with Gasteiger partial charge in [-0.1, -0.05) is 12.1 Å². The third kappa shape index (κ3) is 5.35. The Balaban J connectivity index is 2.04. The number of aromatic nitrogens is 1. The van der Waals surface area contributed by atoms with Crippen LogP contribution in [0.15, 0.2) is 36.5 Å². The Bertz CT molecular complexity index is 726. The summed E-state index contributed by atoms with van der Waals surface area (Å²) < 4.78 is 10.9. The molecule has 0 aliphatic rings. The first-order valence-corrected chi connectivity index (χ1v) is 7.46. The average Bonchev–Trinajstić information content (AvgIpc) is 2.46. The Morgan fingerprint density at radius 3 is 2.67 bits per heavy atom. The molecule has 7 nitrogen and oxygen atoms in total. The van der Waals surface area contributed by atoms with Gasteiger partial charge in [-0.2, -0.15) is 0 Å². The van der Waals surface area contributed by atoms with Crippen LogP contribution in [0.2, 0.25) is 0 Å². The van der Waals surface area contributed by atoms with Crippen LogP contribution in [0.25, 0.3) is 0 Å². The third-order valence-electron chi connectivity index (χ3n) is 2.87. The molecule has 2 rings (SSSR count). The molecule has 0 atom stereocenters. The summed E-state index contributed by atoms with van der Waals surface area (Å²) in [4.78, 5) is 15.8. The number of benzene rings is 1. The lowest BCUT2D eigenvalue weighted by molar-refractivity contribution is 0.0636. The normalized spacial score (nSPS) is 11.0. The highest BCUT2D eigenvalue weighted by Gasteiger charge is 2.16. The highest BCUT2D eigenvalue weighted by molar-refractivity contribution is 5.85. The van der Waals surface area contributed by atoms with Gasteiger partial charge in [-0.15, -0.1) is 0 Å². The second kappa shape index (κ2) is 7.08. The molecular formula is C17H22N4O3. The third-order valence-corrected chi connectivity index (χ3v) is 2.87. The lowest BCUT2D eigenvalue weighted by Crippen LogP contribution is -2.27. The van der Waals surface area contributed by atoms with Crippen molar-refractivity contribution in [2.75, 3.05) is 16.8 Å². The molecule has 1 aromatic heterocycles. The molecule has 24 heavy (non-hydrogen) atoms. The zero-order valence-corrected chi connectivity index (χ0v) is 14.0. The van der Waals surface area contributed by atoms with Gasteiger partial charge in [0.2, 0.25) is 0 Å². The van der Waals surface area contributed by atoms with E-state index in [1.54, 1.807) is 32.9 Å². The summed E-state index contributed by atoms with van der Waals surface area (Å²) in [5.41, 5.74) is 12.9. The lowest BCUT2D eigenvalue weighted by atomic mass is 10.2. The van der Waals surface area contributed by atoms with E-state index < -0.39 is 11.7 Å². The van der Waals surface area contributed by atoms with Crippen LogP contribution in [0.4, 0.5) is 22.0 Å². The predicted molar refractivity (Wildman–Crippen MR) is 93.7 cm³/mol. The zero-order valence-electron chi connectivity index (χ0n) is 14.0. The Morgan fingerprint density at radius 2 is 2.00 bits per heavy atom. The number of nitrogens with two attached hydrogens (primary N) is 2. The van der Waals surface area contributed by atoms with Crippen molar-refractivity contribution in [3.63, 3.8) is 0 Å². The van der Waals surface area contributed by atoms with Crippen LogP contribution >= 0.6 is 0 Å². The molecule has 0 radical (unpaired) electrons. The Hall–Kier alpha value is -2.96. The molecule has 1 heterocycles. The van der Waals surface area contributed by atoms with Crippen molar-refractivity contribution in [1.29, 1.82) is 0 Å². The summed E-state index contributed by atoms with van der Waals surface area (Å²) in [5, 5.41) is 2.59. The fourth-order valence-electron chi connectivity index (χ4n) is 1.90. The molecule has 0 aliphatic heterocycles. The highest BCUT2D eigenvalue weighted by Crippen LogP contribution is 2.24. The predicted octanol–water partition coefficient (Wildman–Crippen LogP) is 3.17. The van der Waals surface area contributed by atoms with E-state index in [0.29, 0.717) is 17.1 Å². The van der Waals surface area contributed by atoms with Crippen LogP contribution in [-0.4, -0.2) is 16.7 Å². The largest absolute Gasteiger partial charge is 0.485 e. The minimum absolute atomic E-state index is 0.230. The second-order valence-electron chi connectivity index (χ2n) is 6.27. The summed E-state index contributed by atoms with van der Waals surface area (Å²) >= 11 is 0. The lowest BCUT2D eigenvalue weighted by Gasteiger charge is -2.19. The average molecular weight is 330 g/mol. The molecule has 7 heteroatoms. The number of carbonyl (C=O) groups is 1. The minimum Gasteiger partial charge on any atom is -0.485 e. The van der Waals surface area contributed by atoms with Gasteiger partial charge in [-0.25, -0.2) is 9.78 Å². The number of anilines is 3. The summed E-state index contributed by atoms with van der Waals surface area (Å²) in [7, 11) is 0. The van der Waals surface area contributed by atoms with Gasteiger partial charge in [0.05, 0.1) is 11.9 Å². The molecule has 1 aromatic carbocycles. The number of hydrogen-bond donors (Lipinski definition) is 3. The van der Waals surface area contributed by atoms with Crippen LogP contribution in [-0.2, 0) is 11.3 Å². The molecule has 0 bridgehead atoms. The Kier molecular flexibility index (Phi) is 5.13. The van der Waals surface area contributed by atoms with E-state index in [1.165, 1.54) is 6.20 Å². The van der Waals surface area contributed by atoms with E-state index in [-0.39, 0.29) is 12.4 Å². The van der Waals surface area contributed by atoms with Gasteiger partial charge in [0.15, 0.2) is 11.6 Å². The summed E-state index contributed by atoms with van der Waals surface area (Å²) in [6.07, 6.45) is 0.864. The van der Waals surface area contributed by atoms with Crippen LogP contribution in [0.3, 0.4) is 0 Å². The van der Waals surface area contributed by atoms with Crippen molar-refractivity contribution in [1.82, 2.24) is 4.98 Å². The molecular weight excluding hydrogens is 308 g/mol. The molecule has 0 fully saturated rings. The van der Waals surface area contributed by atoms with Crippen LogP contribution in [0.5, 0.6) is 5.75 Å². The molecule has 2 aromatic rings. The van der Waals surface area contributed by atoms with E-state index in [0.717, 1.165) is 5.56 Å². The van der Waals surface area contributed by atoms with Gasteiger partial charge < -0.3 is 20.9 Å². The number of nitrogens with one attached hydrogen (secondary N) is 1. The molecule has 5 N–H and O–H groups in total. The maximum atomic E-state index is 11.8. The van der Waals surface area contributed by atoms with Crippen LogP contribution < -0.4 is 21.5 Å². The number of rotatable bonds is 4. The molecule has 0 aliphatic carbocycles. The summed E-state index contributed by atoms with van der Waals surface area (Å²) in [6, 6.07) is 8.94. The first kappa shape index (κ1) is 17.4. The van der Waals surface area contributed by atoms with Gasteiger partial charge in [0, 0.05) is 11.8 Å². The fourth-order valence-corrected chi connectivity index (χ4v) is 1.90. The molecule has 0 saturated carbocycles. The number of ether oxygens (including phenoxy) is 2. The number of nitrogens with zero attached hydrogens (tertiary/aromatic N) is 1. The maximum Gasteiger partial charge on any atom is 0.412 e. The fraction of sp³-hybridized carbons (Fsp3) is 0.294.